The number of unbranched alkanes of at least 4 members (excludes halogenated alkanes) is 1. The van der Waals surface area contributed by atoms with Crippen molar-refractivity contribution in [3.63, 3.8) is 0 Å². The molecule has 30 heavy (non-hydrogen) atoms. The van der Waals surface area contributed by atoms with Gasteiger partial charge in [0.05, 0.1) is 5.75 Å². The van der Waals surface area contributed by atoms with E-state index in [2.05, 4.69) is 11.6 Å². The lowest BCUT2D eigenvalue weighted by molar-refractivity contribution is -0.126. The quantitative estimate of drug-likeness (QED) is 0.605. The van der Waals surface area contributed by atoms with Crippen molar-refractivity contribution in [1.82, 2.24) is 9.62 Å². The summed E-state index contributed by atoms with van der Waals surface area (Å²) in [6.45, 7) is 5.10. The van der Waals surface area contributed by atoms with Crippen molar-refractivity contribution in [1.29, 1.82) is 0 Å². The number of sulfonamides is 1. The molecular weight excluding hydrogens is 400 g/mol. The van der Waals surface area contributed by atoms with Crippen molar-refractivity contribution in [2.24, 2.45) is 0 Å². The molecule has 1 saturated heterocycles. The lowest BCUT2D eigenvalue weighted by atomic mass is 10.1. The molecule has 1 aliphatic rings. The van der Waals surface area contributed by atoms with E-state index in [9.17, 15) is 13.2 Å². The molecule has 0 bridgehead atoms. The third kappa shape index (κ3) is 5.73. The Balaban J connectivity index is 1.64. The van der Waals surface area contributed by atoms with Gasteiger partial charge in [-0.25, -0.2) is 13.1 Å². The number of carbonyl (C=O) groups is 1. The van der Waals surface area contributed by atoms with Crippen LogP contribution in [0.5, 0.6) is 0 Å². The summed E-state index contributed by atoms with van der Waals surface area (Å²) in [6, 6.07) is 7.81. The first kappa shape index (κ1) is 22.6. The topological polar surface area (TPSA) is 79.6 Å². The molecule has 0 radical (unpaired) electrons. The summed E-state index contributed by atoms with van der Waals surface area (Å²) >= 11 is 0. The summed E-state index contributed by atoms with van der Waals surface area (Å²) in [7, 11) is -3.22. The zero-order valence-electron chi connectivity index (χ0n) is 17.9. The van der Waals surface area contributed by atoms with Gasteiger partial charge in [0.25, 0.3) is 0 Å². The number of fused-ring (bicyclic) bond motifs is 1. The van der Waals surface area contributed by atoms with Crippen molar-refractivity contribution in [2.45, 2.75) is 58.4 Å². The molecule has 2 heterocycles. The van der Waals surface area contributed by atoms with Gasteiger partial charge in [-0.15, -0.1) is 0 Å². The molecule has 1 aliphatic heterocycles. The number of hydrogen-bond donors (Lipinski definition) is 1. The second-order valence-electron chi connectivity index (χ2n) is 7.91. The lowest BCUT2D eigenvalue weighted by Gasteiger charge is -2.31. The summed E-state index contributed by atoms with van der Waals surface area (Å²) in [5.41, 5.74) is 1.82. The molecule has 1 fully saturated rings. The first-order chi connectivity index (χ1) is 14.4. The number of piperidine rings is 1. The number of hydrogen-bond acceptors (Lipinski definition) is 4. The summed E-state index contributed by atoms with van der Waals surface area (Å²) in [5.74, 6) is 1.02. The molecule has 0 atom stereocenters. The van der Waals surface area contributed by atoms with E-state index >= 15 is 0 Å². The maximum Gasteiger partial charge on any atom is 0.246 e. The Morgan fingerprint density at radius 3 is 2.63 bits per heavy atom. The molecule has 1 N–H and O–H groups in total. The van der Waals surface area contributed by atoms with Crippen LogP contribution in [0.1, 0.15) is 57.3 Å². The number of carbonyl (C=O) groups excluding carboxylic acids is 1. The fraction of sp³-hybridized carbons (Fsp3) is 0.522. The highest BCUT2D eigenvalue weighted by Crippen LogP contribution is 2.28. The van der Waals surface area contributed by atoms with E-state index in [0.717, 1.165) is 41.6 Å². The van der Waals surface area contributed by atoms with E-state index in [0.29, 0.717) is 32.4 Å². The number of nitrogens with zero attached hydrogens (tertiary/aromatic N) is 1. The number of aryl methyl sites for hydroxylation is 1. The van der Waals surface area contributed by atoms with Gasteiger partial charge in [-0.1, -0.05) is 38.5 Å². The van der Waals surface area contributed by atoms with Crippen LogP contribution in [0.4, 0.5) is 0 Å². The number of rotatable bonds is 9. The standard InChI is InChI=1S/C23H32N2O4S/c1-3-5-9-21-20(19-8-6-7-10-22(19)29-21)11-12-23(26)25-15-13-18(14-16-25)24-30(27,28)17-4-2/h6-8,10-12,18,24H,3-5,9,13-17H2,1-2H3/b12-11+. The smallest absolute Gasteiger partial charge is 0.246 e. The van der Waals surface area contributed by atoms with Crippen LogP contribution >= 0.6 is 0 Å². The third-order valence-corrected chi connectivity index (χ3v) is 7.12. The molecule has 1 aromatic heterocycles. The second kappa shape index (κ2) is 10.3. The summed E-state index contributed by atoms with van der Waals surface area (Å²) in [6.07, 6.45) is 8.33. The highest BCUT2D eigenvalue weighted by atomic mass is 32.2. The average Bonchev–Trinajstić information content (AvgIpc) is 3.08. The molecule has 0 aliphatic carbocycles. The van der Waals surface area contributed by atoms with E-state index in [1.54, 1.807) is 11.0 Å². The number of amides is 1. The van der Waals surface area contributed by atoms with Crippen molar-refractivity contribution in [3.05, 3.63) is 41.7 Å². The van der Waals surface area contributed by atoms with Crippen LogP contribution < -0.4 is 4.72 Å². The van der Waals surface area contributed by atoms with Gasteiger partial charge in [0.1, 0.15) is 11.3 Å². The van der Waals surface area contributed by atoms with Gasteiger partial charge in [-0.2, -0.15) is 0 Å². The Kier molecular flexibility index (Phi) is 7.72. The fourth-order valence-corrected chi connectivity index (χ4v) is 5.28. The molecule has 0 unspecified atom stereocenters. The van der Waals surface area contributed by atoms with Gasteiger partial charge in [0.2, 0.25) is 15.9 Å². The average molecular weight is 433 g/mol. The predicted octanol–water partition coefficient (Wildman–Crippen LogP) is 4.11. The second-order valence-corrected chi connectivity index (χ2v) is 9.78. The van der Waals surface area contributed by atoms with Crippen LogP contribution in [-0.2, 0) is 21.2 Å². The molecule has 1 aromatic carbocycles. The first-order valence-electron chi connectivity index (χ1n) is 10.9. The van der Waals surface area contributed by atoms with Crippen LogP contribution in [0, 0.1) is 0 Å². The Labute approximate surface area is 179 Å². The van der Waals surface area contributed by atoms with Crippen LogP contribution in [0.25, 0.3) is 17.0 Å². The third-order valence-electron chi connectivity index (χ3n) is 5.49. The van der Waals surface area contributed by atoms with Gasteiger partial charge < -0.3 is 9.32 Å². The molecule has 1 amide bonds. The van der Waals surface area contributed by atoms with E-state index in [4.69, 9.17) is 4.42 Å². The number of benzene rings is 1. The highest BCUT2D eigenvalue weighted by molar-refractivity contribution is 7.89. The summed E-state index contributed by atoms with van der Waals surface area (Å²) < 4.78 is 32.7. The molecule has 0 spiro atoms. The molecule has 7 heteroatoms. The van der Waals surface area contributed by atoms with E-state index in [1.165, 1.54) is 0 Å². The highest BCUT2D eigenvalue weighted by Gasteiger charge is 2.24. The Morgan fingerprint density at radius 2 is 1.93 bits per heavy atom. The number of para-hydroxylation sites is 1. The number of likely N-dealkylation sites (tertiary alicyclic amines) is 1. The predicted molar refractivity (Wildman–Crippen MR) is 121 cm³/mol. The summed E-state index contributed by atoms with van der Waals surface area (Å²) in [5, 5.41) is 1.02. The van der Waals surface area contributed by atoms with Crippen molar-refractivity contribution in [3.8, 4) is 0 Å². The van der Waals surface area contributed by atoms with Gasteiger partial charge in [0, 0.05) is 42.6 Å². The fourth-order valence-electron chi connectivity index (χ4n) is 3.88. The number of furan rings is 1. The molecule has 2 aromatic rings. The monoisotopic (exact) mass is 432 g/mol. The van der Waals surface area contributed by atoms with Crippen LogP contribution in [0.15, 0.2) is 34.8 Å². The molecule has 3 rings (SSSR count). The summed E-state index contributed by atoms with van der Waals surface area (Å²) in [4.78, 5) is 14.5. The van der Waals surface area contributed by atoms with Crippen molar-refractivity contribution >= 4 is 33.0 Å². The first-order valence-corrected chi connectivity index (χ1v) is 12.6. The van der Waals surface area contributed by atoms with E-state index < -0.39 is 10.0 Å². The SMILES string of the molecule is CCCCc1oc2ccccc2c1/C=C/C(=O)N1CCC(NS(=O)(=O)CCC)CC1. The zero-order chi connectivity index (χ0) is 21.6. The minimum atomic E-state index is -3.22. The molecule has 164 valence electrons. The minimum Gasteiger partial charge on any atom is -0.460 e. The Bertz CT molecular complexity index is 986. The maximum absolute atomic E-state index is 12.7. The Hall–Kier alpha value is -2.12. The lowest BCUT2D eigenvalue weighted by Crippen LogP contribution is -2.46. The van der Waals surface area contributed by atoms with Crippen molar-refractivity contribution < 1.29 is 17.6 Å². The van der Waals surface area contributed by atoms with Crippen LogP contribution in [0.3, 0.4) is 0 Å². The van der Waals surface area contributed by atoms with E-state index in [1.807, 2.05) is 37.3 Å². The minimum absolute atomic E-state index is 0.0448. The maximum atomic E-state index is 12.7. The van der Waals surface area contributed by atoms with Gasteiger partial charge in [-0.3, -0.25) is 4.79 Å². The van der Waals surface area contributed by atoms with Gasteiger partial charge >= 0.3 is 0 Å². The largest absolute Gasteiger partial charge is 0.460 e. The Morgan fingerprint density at radius 1 is 1.20 bits per heavy atom. The normalized spacial score (nSPS) is 16.0. The van der Waals surface area contributed by atoms with E-state index in [-0.39, 0.29) is 17.7 Å². The van der Waals surface area contributed by atoms with Crippen LogP contribution in [0.2, 0.25) is 0 Å². The molecule has 6 nitrogen and oxygen atoms in total. The van der Waals surface area contributed by atoms with Crippen LogP contribution in [-0.4, -0.2) is 44.1 Å². The van der Waals surface area contributed by atoms with Gasteiger partial charge in [-0.05, 0) is 37.8 Å². The zero-order valence-corrected chi connectivity index (χ0v) is 18.7. The van der Waals surface area contributed by atoms with Gasteiger partial charge in [0.15, 0.2) is 0 Å². The molecule has 0 saturated carbocycles. The number of nitrogens with one attached hydrogen (secondary N) is 1. The van der Waals surface area contributed by atoms with Crippen molar-refractivity contribution in [2.75, 3.05) is 18.8 Å². The molecular formula is C23H32N2O4S.